The lowest BCUT2D eigenvalue weighted by molar-refractivity contribution is -0.144. The Labute approximate surface area is 136 Å². The summed E-state index contributed by atoms with van der Waals surface area (Å²) in [7, 11) is 1.86. The second-order valence-electron chi connectivity index (χ2n) is 6.01. The SMILES string of the molecule is CCCCCCCC(=O)OCCCCCC(=O)N(C)CCC. The minimum Gasteiger partial charge on any atom is -0.466 e. The summed E-state index contributed by atoms with van der Waals surface area (Å²) in [6, 6.07) is 0. The molecule has 0 bridgehead atoms. The topological polar surface area (TPSA) is 46.6 Å². The van der Waals surface area contributed by atoms with Gasteiger partial charge in [0, 0.05) is 26.4 Å². The first-order valence-corrected chi connectivity index (χ1v) is 9.01. The van der Waals surface area contributed by atoms with Crippen LogP contribution in [0.2, 0.25) is 0 Å². The number of hydrogen-bond donors (Lipinski definition) is 0. The fourth-order valence-corrected chi connectivity index (χ4v) is 2.34. The van der Waals surface area contributed by atoms with E-state index in [1.165, 1.54) is 19.3 Å². The molecule has 130 valence electrons. The summed E-state index contributed by atoms with van der Waals surface area (Å²) in [6.07, 6.45) is 10.6. The Kier molecular flexibility index (Phi) is 14.1. The molecule has 0 aromatic carbocycles. The Morgan fingerprint density at radius 3 is 2.14 bits per heavy atom. The van der Waals surface area contributed by atoms with Crippen molar-refractivity contribution >= 4 is 11.9 Å². The zero-order valence-electron chi connectivity index (χ0n) is 14.9. The second-order valence-corrected chi connectivity index (χ2v) is 6.01. The smallest absolute Gasteiger partial charge is 0.305 e. The van der Waals surface area contributed by atoms with Gasteiger partial charge in [0.05, 0.1) is 6.61 Å². The molecule has 4 heteroatoms. The van der Waals surface area contributed by atoms with Gasteiger partial charge in [-0.05, 0) is 32.1 Å². The van der Waals surface area contributed by atoms with Gasteiger partial charge in [-0.15, -0.1) is 0 Å². The van der Waals surface area contributed by atoms with Crippen LogP contribution in [0.1, 0.15) is 84.5 Å². The van der Waals surface area contributed by atoms with E-state index in [1.807, 2.05) is 7.05 Å². The molecule has 0 radical (unpaired) electrons. The molecule has 0 N–H and O–H groups in total. The average Bonchev–Trinajstić information content (AvgIpc) is 2.50. The Morgan fingerprint density at radius 2 is 1.45 bits per heavy atom. The standard InChI is InChI=1S/C18H35NO3/c1-4-6-7-8-11-14-18(21)22-16-12-9-10-13-17(20)19(3)15-5-2/h4-16H2,1-3H3. The number of carbonyl (C=O) groups is 2. The zero-order chi connectivity index (χ0) is 16.6. The predicted molar refractivity (Wildman–Crippen MR) is 90.7 cm³/mol. The molecule has 0 saturated heterocycles. The third-order valence-electron chi connectivity index (χ3n) is 3.77. The largest absolute Gasteiger partial charge is 0.466 e. The van der Waals surface area contributed by atoms with E-state index in [2.05, 4.69) is 13.8 Å². The second kappa shape index (κ2) is 14.9. The monoisotopic (exact) mass is 313 g/mol. The van der Waals surface area contributed by atoms with Crippen LogP contribution in [-0.4, -0.2) is 37.0 Å². The highest BCUT2D eigenvalue weighted by atomic mass is 16.5. The van der Waals surface area contributed by atoms with Crippen LogP contribution in [-0.2, 0) is 14.3 Å². The van der Waals surface area contributed by atoms with Crippen molar-refractivity contribution in [1.29, 1.82) is 0 Å². The van der Waals surface area contributed by atoms with E-state index in [-0.39, 0.29) is 11.9 Å². The molecular formula is C18H35NO3. The Morgan fingerprint density at radius 1 is 0.818 bits per heavy atom. The van der Waals surface area contributed by atoms with Gasteiger partial charge in [-0.25, -0.2) is 0 Å². The molecule has 0 spiro atoms. The lowest BCUT2D eigenvalue weighted by Gasteiger charge is -2.15. The highest BCUT2D eigenvalue weighted by Crippen LogP contribution is 2.07. The fraction of sp³-hybridized carbons (Fsp3) is 0.889. The van der Waals surface area contributed by atoms with E-state index in [1.54, 1.807) is 4.90 Å². The molecule has 0 unspecified atom stereocenters. The maximum absolute atomic E-state index is 11.7. The van der Waals surface area contributed by atoms with Crippen LogP contribution >= 0.6 is 0 Å². The third-order valence-corrected chi connectivity index (χ3v) is 3.77. The van der Waals surface area contributed by atoms with Crippen LogP contribution in [0.15, 0.2) is 0 Å². The predicted octanol–water partition coefficient (Wildman–Crippen LogP) is 4.32. The molecule has 1 amide bonds. The first kappa shape index (κ1) is 20.9. The number of nitrogens with zero attached hydrogens (tertiary/aromatic N) is 1. The summed E-state index contributed by atoms with van der Waals surface area (Å²) >= 11 is 0. The van der Waals surface area contributed by atoms with Gasteiger partial charge in [-0.2, -0.15) is 0 Å². The van der Waals surface area contributed by atoms with Gasteiger partial charge in [-0.1, -0.05) is 39.5 Å². The van der Waals surface area contributed by atoms with Crippen molar-refractivity contribution in [3.8, 4) is 0 Å². The molecule has 0 aromatic rings. The minimum atomic E-state index is -0.0738. The average molecular weight is 313 g/mol. The van der Waals surface area contributed by atoms with Crippen LogP contribution in [0.25, 0.3) is 0 Å². The van der Waals surface area contributed by atoms with Gasteiger partial charge in [0.1, 0.15) is 0 Å². The maximum Gasteiger partial charge on any atom is 0.305 e. The molecular weight excluding hydrogens is 278 g/mol. The molecule has 0 rings (SSSR count). The Bertz CT molecular complexity index is 292. The van der Waals surface area contributed by atoms with Gasteiger partial charge in [-0.3, -0.25) is 9.59 Å². The van der Waals surface area contributed by atoms with Crippen LogP contribution in [0.4, 0.5) is 0 Å². The van der Waals surface area contributed by atoms with E-state index in [4.69, 9.17) is 4.74 Å². The number of esters is 1. The number of ether oxygens (including phenoxy) is 1. The summed E-state index contributed by atoms with van der Waals surface area (Å²) in [5, 5.41) is 0. The minimum absolute atomic E-state index is 0.0738. The zero-order valence-corrected chi connectivity index (χ0v) is 14.9. The normalized spacial score (nSPS) is 10.5. The fourth-order valence-electron chi connectivity index (χ4n) is 2.34. The van der Waals surface area contributed by atoms with Crippen molar-refractivity contribution in [2.24, 2.45) is 0 Å². The van der Waals surface area contributed by atoms with Crippen LogP contribution in [0.3, 0.4) is 0 Å². The van der Waals surface area contributed by atoms with E-state index >= 15 is 0 Å². The van der Waals surface area contributed by atoms with Crippen LogP contribution < -0.4 is 0 Å². The quantitative estimate of drug-likeness (QED) is 0.354. The van der Waals surface area contributed by atoms with E-state index in [9.17, 15) is 9.59 Å². The number of carbonyl (C=O) groups excluding carboxylic acids is 2. The first-order chi connectivity index (χ1) is 10.6. The molecule has 22 heavy (non-hydrogen) atoms. The molecule has 0 aromatic heterocycles. The van der Waals surface area contributed by atoms with Gasteiger partial charge < -0.3 is 9.64 Å². The van der Waals surface area contributed by atoms with Gasteiger partial charge >= 0.3 is 5.97 Å². The van der Waals surface area contributed by atoms with Crippen molar-refractivity contribution in [2.75, 3.05) is 20.2 Å². The molecule has 0 fully saturated rings. The van der Waals surface area contributed by atoms with Gasteiger partial charge in [0.2, 0.25) is 5.91 Å². The van der Waals surface area contributed by atoms with Crippen LogP contribution in [0.5, 0.6) is 0 Å². The maximum atomic E-state index is 11.7. The lowest BCUT2D eigenvalue weighted by atomic mass is 10.1. The summed E-state index contributed by atoms with van der Waals surface area (Å²) in [5.74, 6) is 0.140. The van der Waals surface area contributed by atoms with Crippen molar-refractivity contribution in [3.63, 3.8) is 0 Å². The molecule has 0 aliphatic rings. The molecule has 0 heterocycles. The van der Waals surface area contributed by atoms with Gasteiger partial charge in [0.15, 0.2) is 0 Å². The first-order valence-electron chi connectivity index (χ1n) is 9.01. The molecule has 0 aliphatic carbocycles. The van der Waals surface area contributed by atoms with Crippen molar-refractivity contribution in [1.82, 2.24) is 4.90 Å². The number of unbranched alkanes of at least 4 members (excludes halogenated alkanes) is 6. The number of amides is 1. The Balaban J connectivity index is 3.38. The van der Waals surface area contributed by atoms with E-state index in [0.29, 0.717) is 19.4 Å². The number of hydrogen-bond acceptors (Lipinski definition) is 3. The lowest BCUT2D eigenvalue weighted by Crippen LogP contribution is -2.26. The summed E-state index contributed by atoms with van der Waals surface area (Å²) in [6.45, 7) is 5.58. The molecule has 4 nitrogen and oxygen atoms in total. The highest BCUT2D eigenvalue weighted by Gasteiger charge is 2.07. The third kappa shape index (κ3) is 12.7. The Hall–Kier alpha value is -1.06. The van der Waals surface area contributed by atoms with Crippen molar-refractivity contribution in [3.05, 3.63) is 0 Å². The summed E-state index contributed by atoms with van der Waals surface area (Å²) in [4.78, 5) is 25.0. The summed E-state index contributed by atoms with van der Waals surface area (Å²) in [5.41, 5.74) is 0. The summed E-state index contributed by atoms with van der Waals surface area (Å²) < 4.78 is 5.21. The molecule has 0 atom stereocenters. The van der Waals surface area contributed by atoms with E-state index in [0.717, 1.165) is 45.1 Å². The van der Waals surface area contributed by atoms with Crippen molar-refractivity contribution in [2.45, 2.75) is 84.5 Å². The number of rotatable bonds is 14. The van der Waals surface area contributed by atoms with Crippen LogP contribution in [0, 0.1) is 0 Å². The van der Waals surface area contributed by atoms with Gasteiger partial charge in [0.25, 0.3) is 0 Å². The highest BCUT2D eigenvalue weighted by molar-refractivity contribution is 5.75. The molecule has 0 aliphatic heterocycles. The van der Waals surface area contributed by atoms with E-state index < -0.39 is 0 Å². The molecule has 0 saturated carbocycles. The van der Waals surface area contributed by atoms with Crippen molar-refractivity contribution < 1.29 is 14.3 Å².